The number of rotatable bonds is 3. The molecule has 3 heteroatoms. The van der Waals surface area contributed by atoms with E-state index in [0.717, 1.165) is 11.4 Å². The Morgan fingerprint density at radius 2 is 0.974 bits per heavy atom. The lowest BCUT2D eigenvalue weighted by atomic mass is 10.1. The lowest BCUT2D eigenvalue weighted by Gasteiger charge is -2.08. The molecule has 0 fully saturated rings. The maximum absolute atomic E-state index is 3.67. The lowest BCUT2D eigenvalue weighted by molar-refractivity contribution is 1.18. The zero-order valence-electron chi connectivity index (χ0n) is 21.4. The standard InChI is InChI=1S/C24H16N2.C12H11N/c1-2-8-16(9-3-1)26-22-13-7-5-11-18(22)20-15-14-19-17-10-4-6-12-21(17)25-23(19)24(20)26;1-3-7-11(8-4-1)13-12-9-5-2-6-10-12/h1-15,25H;1-10,13H. The molecule has 0 aliphatic carbocycles. The van der Waals surface area contributed by atoms with Gasteiger partial charge in [-0.1, -0.05) is 103 Å². The zero-order chi connectivity index (χ0) is 26.0. The number of aromatic nitrogens is 2. The molecule has 0 unspecified atom stereocenters. The van der Waals surface area contributed by atoms with E-state index in [0.29, 0.717) is 0 Å². The van der Waals surface area contributed by atoms with E-state index in [1.807, 2.05) is 60.7 Å². The van der Waals surface area contributed by atoms with Gasteiger partial charge in [0.15, 0.2) is 0 Å². The lowest BCUT2D eigenvalue weighted by Crippen LogP contribution is -1.93. The summed E-state index contributed by atoms with van der Waals surface area (Å²) in [6.07, 6.45) is 0. The van der Waals surface area contributed by atoms with Gasteiger partial charge in [0, 0.05) is 44.1 Å². The minimum atomic E-state index is 1.12. The highest BCUT2D eigenvalue weighted by molar-refractivity contribution is 6.22. The number of para-hydroxylation sites is 5. The van der Waals surface area contributed by atoms with Crippen LogP contribution in [0.3, 0.4) is 0 Å². The fourth-order valence-electron chi connectivity index (χ4n) is 5.43. The van der Waals surface area contributed by atoms with Gasteiger partial charge in [-0.2, -0.15) is 0 Å². The average molecular weight is 502 g/mol. The van der Waals surface area contributed by atoms with Crippen molar-refractivity contribution in [3.8, 4) is 5.69 Å². The molecule has 0 aliphatic rings. The van der Waals surface area contributed by atoms with Crippen LogP contribution < -0.4 is 5.32 Å². The van der Waals surface area contributed by atoms with Crippen molar-refractivity contribution in [3.05, 3.63) is 152 Å². The molecule has 0 bridgehead atoms. The third-order valence-corrected chi connectivity index (χ3v) is 7.16. The van der Waals surface area contributed by atoms with Gasteiger partial charge in [-0.15, -0.1) is 0 Å². The highest BCUT2D eigenvalue weighted by Crippen LogP contribution is 2.38. The van der Waals surface area contributed by atoms with Gasteiger partial charge >= 0.3 is 0 Å². The molecule has 0 amide bonds. The Labute approximate surface area is 227 Å². The maximum Gasteiger partial charge on any atom is 0.0783 e. The molecule has 0 spiro atoms. The topological polar surface area (TPSA) is 32.8 Å². The van der Waals surface area contributed by atoms with E-state index in [4.69, 9.17) is 0 Å². The molecule has 0 radical (unpaired) electrons. The minimum absolute atomic E-state index is 1.12. The van der Waals surface area contributed by atoms with Gasteiger partial charge in [-0.3, -0.25) is 0 Å². The third kappa shape index (κ3) is 4.20. The van der Waals surface area contributed by atoms with E-state index in [-0.39, 0.29) is 0 Å². The first-order valence-corrected chi connectivity index (χ1v) is 13.2. The molecular formula is C36H27N3. The van der Waals surface area contributed by atoms with Gasteiger partial charge in [0.05, 0.1) is 16.6 Å². The Balaban J connectivity index is 0.000000164. The summed E-state index contributed by atoms with van der Waals surface area (Å²) in [6, 6.07) is 52.6. The van der Waals surface area contributed by atoms with E-state index < -0.39 is 0 Å². The molecule has 8 aromatic rings. The highest BCUT2D eigenvalue weighted by Gasteiger charge is 2.16. The van der Waals surface area contributed by atoms with Crippen LogP contribution in [0.25, 0.3) is 49.3 Å². The van der Waals surface area contributed by atoms with Crippen molar-refractivity contribution in [2.75, 3.05) is 5.32 Å². The SMILES string of the molecule is c1ccc(-n2c3ccccc3c3ccc4c5ccccc5[nH]c4c32)cc1.c1ccc(Nc2ccccc2)cc1. The number of fused-ring (bicyclic) bond motifs is 7. The highest BCUT2D eigenvalue weighted by atomic mass is 15.0. The Bertz CT molecular complexity index is 1980. The van der Waals surface area contributed by atoms with Gasteiger partial charge in [0.1, 0.15) is 0 Å². The monoisotopic (exact) mass is 501 g/mol. The normalized spacial score (nSPS) is 11.1. The number of anilines is 2. The first-order chi connectivity index (χ1) is 19.4. The number of hydrogen-bond donors (Lipinski definition) is 2. The fourth-order valence-corrected chi connectivity index (χ4v) is 5.43. The summed E-state index contributed by atoms with van der Waals surface area (Å²) >= 11 is 0. The first kappa shape index (κ1) is 22.9. The molecule has 2 N–H and O–H groups in total. The summed E-state index contributed by atoms with van der Waals surface area (Å²) in [5.41, 5.74) is 8.28. The Kier molecular flexibility index (Phi) is 5.80. The third-order valence-electron chi connectivity index (χ3n) is 7.16. The second-order valence-corrected chi connectivity index (χ2v) is 9.60. The molecule has 3 nitrogen and oxygen atoms in total. The van der Waals surface area contributed by atoms with E-state index in [1.165, 1.54) is 49.3 Å². The molecular weight excluding hydrogens is 474 g/mol. The van der Waals surface area contributed by atoms with Crippen LogP contribution in [0, 0.1) is 0 Å². The summed E-state index contributed by atoms with van der Waals surface area (Å²) in [6.45, 7) is 0. The molecule has 0 saturated carbocycles. The minimum Gasteiger partial charge on any atom is -0.356 e. The number of benzene rings is 6. The Morgan fingerprint density at radius 1 is 0.436 bits per heavy atom. The number of H-pyrrole nitrogens is 1. The number of nitrogens with one attached hydrogen (secondary N) is 2. The molecule has 186 valence electrons. The van der Waals surface area contributed by atoms with Gasteiger partial charge < -0.3 is 14.9 Å². The molecule has 0 atom stereocenters. The van der Waals surface area contributed by atoms with E-state index in [2.05, 4.69) is 106 Å². The van der Waals surface area contributed by atoms with Crippen LogP contribution in [0.4, 0.5) is 11.4 Å². The smallest absolute Gasteiger partial charge is 0.0783 e. The van der Waals surface area contributed by atoms with Crippen molar-refractivity contribution in [1.29, 1.82) is 0 Å². The zero-order valence-corrected chi connectivity index (χ0v) is 21.4. The van der Waals surface area contributed by atoms with Crippen LogP contribution in [0.1, 0.15) is 0 Å². The van der Waals surface area contributed by atoms with Crippen LogP contribution in [0.5, 0.6) is 0 Å². The van der Waals surface area contributed by atoms with Crippen LogP contribution in [0.2, 0.25) is 0 Å². The second kappa shape index (κ2) is 9.88. The van der Waals surface area contributed by atoms with Crippen molar-refractivity contribution in [1.82, 2.24) is 9.55 Å². The number of nitrogens with zero attached hydrogens (tertiary/aromatic N) is 1. The summed E-state index contributed by atoms with van der Waals surface area (Å²) in [5.74, 6) is 0. The molecule has 2 heterocycles. The molecule has 2 aromatic heterocycles. The second-order valence-electron chi connectivity index (χ2n) is 9.60. The van der Waals surface area contributed by atoms with Crippen molar-refractivity contribution in [2.24, 2.45) is 0 Å². The van der Waals surface area contributed by atoms with Crippen LogP contribution >= 0.6 is 0 Å². The van der Waals surface area contributed by atoms with Crippen molar-refractivity contribution < 1.29 is 0 Å². The molecule has 0 saturated heterocycles. The molecule has 0 aliphatic heterocycles. The number of aromatic amines is 1. The number of hydrogen-bond acceptors (Lipinski definition) is 1. The Morgan fingerprint density at radius 3 is 1.67 bits per heavy atom. The summed E-state index contributed by atoms with van der Waals surface area (Å²) in [7, 11) is 0. The van der Waals surface area contributed by atoms with Gasteiger partial charge in [0.2, 0.25) is 0 Å². The van der Waals surface area contributed by atoms with E-state index in [9.17, 15) is 0 Å². The van der Waals surface area contributed by atoms with Crippen LogP contribution in [-0.2, 0) is 0 Å². The quantitative estimate of drug-likeness (QED) is 0.248. The summed E-state index contributed by atoms with van der Waals surface area (Å²) < 4.78 is 2.38. The van der Waals surface area contributed by atoms with Crippen molar-refractivity contribution in [3.63, 3.8) is 0 Å². The fraction of sp³-hybridized carbons (Fsp3) is 0. The van der Waals surface area contributed by atoms with Crippen LogP contribution in [-0.4, -0.2) is 9.55 Å². The van der Waals surface area contributed by atoms with Gasteiger partial charge in [0.25, 0.3) is 0 Å². The van der Waals surface area contributed by atoms with E-state index >= 15 is 0 Å². The molecule has 39 heavy (non-hydrogen) atoms. The van der Waals surface area contributed by atoms with Crippen molar-refractivity contribution in [2.45, 2.75) is 0 Å². The largest absolute Gasteiger partial charge is 0.356 e. The maximum atomic E-state index is 3.67. The summed E-state index contributed by atoms with van der Waals surface area (Å²) in [4.78, 5) is 3.67. The van der Waals surface area contributed by atoms with Gasteiger partial charge in [-0.25, -0.2) is 0 Å². The van der Waals surface area contributed by atoms with Crippen molar-refractivity contribution >= 4 is 55.0 Å². The first-order valence-electron chi connectivity index (χ1n) is 13.2. The van der Waals surface area contributed by atoms with E-state index in [1.54, 1.807) is 0 Å². The van der Waals surface area contributed by atoms with Gasteiger partial charge in [-0.05, 0) is 48.5 Å². The average Bonchev–Trinajstić information content (AvgIpc) is 3.55. The Hall–Kier alpha value is -5.28. The molecule has 6 aromatic carbocycles. The predicted octanol–water partition coefficient (Wildman–Crippen LogP) is 9.85. The molecule has 8 rings (SSSR count). The predicted molar refractivity (Wildman–Crippen MR) is 166 cm³/mol. The van der Waals surface area contributed by atoms with Crippen LogP contribution in [0.15, 0.2) is 152 Å². The summed E-state index contributed by atoms with van der Waals surface area (Å²) in [5, 5.41) is 8.41.